The van der Waals surface area contributed by atoms with E-state index in [9.17, 15) is 9.90 Å². The van der Waals surface area contributed by atoms with Crippen LogP contribution < -0.4 is 0 Å². The molecule has 5 nitrogen and oxygen atoms in total. The number of piperidine rings is 1. The normalized spacial score (nSPS) is 23.4. The zero-order valence-corrected chi connectivity index (χ0v) is 14.4. The second-order valence-corrected chi connectivity index (χ2v) is 7.07. The van der Waals surface area contributed by atoms with Crippen LogP contribution in [0.3, 0.4) is 0 Å². The van der Waals surface area contributed by atoms with Gasteiger partial charge < -0.3 is 10.0 Å². The molecule has 5 heteroatoms. The van der Waals surface area contributed by atoms with Crippen molar-refractivity contribution in [3.8, 4) is 0 Å². The van der Waals surface area contributed by atoms with E-state index < -0.39 is 0 Å². The van der Waals surface area contributed by atoms with Crippen molar-refractivity contribution in [1.82, 2.24) is 14.7 Å². The Labute approximate surface area is 144 Å². The first-order valence-electron chi connectivity index (χ1n) is 9.12. The van der Waals surface area contributed by atoms with Gasteiger partial charge in [-0.15, -0.1) is 0 Å². The van der Waals surface area contributed by atoms with Crippen LogP contribution in [0.25, 0.3) is 0 Å². The minimum absolute atomic E-state index is 0.196. The number of aliphatic hydroxyl groups excluding tert-OH is 1. The molecular formula is C19H29N3O2. The Balaban J connectivity index is 1.41. The van der Waals surface area contributed by atoms with Gasteiger partial charge in [-0.25, -0.2) is 0 Å². The van der Waals surface area contributed by atoms with Gasteiger partial charge in [0, 0.05) is 52.4 Å². The van der Waals surface area contributed by atoms with Crippen LogP contribution in [0, 0.1) is 5.92 Å². The second-order valence-electron chi connectivity index (χ2n) is 7.07. The van der Waals surface area contributed by atoms with Crippen molar-refractivity contribution in [2.75, 3.05) is 52.4 Å². The zero-order valence-electron chi connectivity index (χ0n) is 14.4. The van der Waals surface area contributed by atoms with Crippen molar-refractivity contribution in [3.63, 3.8) is 0 Å². The number of hydrogen-bond acceptors (Lipinski definition) is 4. The highest BCUT2D eigenvalue weighted by molar-refractivity contribution is 5.78. The SMILES string of the molecule is O=C(CN1CCN(Cc2ccccc2)CC1)N1CCCC(CO)C1. The van der Waals surface area contributed by atoms with Crippen molar-refractivity contribution in [1.29, 1.82) is 0 Å². The molecule has 1 aromatic carbocycles. The molecule has 24 heavy (non-hydrogen) atoms. The van der Waals surface area contributed by atoms with Crippen LogP contribution in [0.1, 0.15) is 18.4 Å². The molecule has 0 spiro atoms. The quantitative estimate of drug-likeness (QED) is 0.876. The van der Waals surface area contributed by atoms with Crippen molar-refractivity contribution >= 4 is 5.91 Å². The first-order chi connectivity index (χ1) is 11.7. The van der Waals surface area contributed by atoms with Gasteiger partial charge in [0.2, 0.25) is 5.91 Å². The predicted molar refractivity (Wildman–Crippen MR) is 94.5 cm³/mol. The summed E-state index contributed by atoms with van der Waals surface area (Å²) in [5, 5.41) is 9.31. The van der Waals surface area contributed by atoms with E-state index in [2.05, 4.69) is 40.1 Å². The maximum Gasteiger partial charge on any atom is 0.236 e. The molecule has 0 aliphatic carbocycles. The van der Waals surface area contributed by atoms with E-state index in [4.69, 9.17) is 0 Å². The number of piperazine rings is 1. The van der Waals surface area contributed by atoms with E-state index in [-0.39, 0.29) is 18.4 Å². The molecule has 1 N–H and O–H groups in total. The van der Waals surface area contributed by atoms with Gasteiger partial charge >= 0.3 is 0 Å². The Kier molecular flexibility index (Phi) is 6.24. The highest BCUT2D eigenvalue weighted by Gasteiger charge is 2.25. The lowest BCUT2D eigenvalue weighted by atomic mass is 9.99. The van der Waals surface area contributed by atoms with Crippen LogP contribution >= 0.6 is 0 Å². The van der Waals surface area contributed by atoms with E-state index >= 15 is 0 Å². The summed E-state index contributed by atoms with van der Waals surface area (Å²) in [7, 11) is 0. The summed E-state index contributed by atoms with van der Waals surface area (Å²) >= 11 is 0. The molecule has 0 saturated carbocycles. The summed E-state index contributed by atoms with van der Waals surface area (Å²) in [6.45, 7) is 7.23. The van der Waals surface area contributed by atoms with Gasteiger partial charge in [-0.1, -0.05) is 30.3 Å². The van der Waals surface area contributed by atoms with E-state index in [1.165, 1.54) is 5.56 Å². The number of aliphatic hydroxyl groups is 1. The topological polar surface area (TPSA) is 47.0 Å². The minimum atomic E-state index is 0.196. The molecule has 1 atom stereocenters. The lowest BCUT2D eigenvalue weighted by Gasteiger charge is -2.37. The Morgan fingerprint density at radius 3 is 2.46 bits per heavy atom. The zero-order chi connectivity index (χ0) is 16.8. The molecule has 2 heterocycles. The lowest BCUT2D eigenvalue weighted by Crippen LogP contribution is -2.51. The molecule has 2 fully saturated rings. The first-order valence-corrected chi connectivity index (χ1v) is 9.12. The first kappa shape index (κ1) is 17.4. The summed E-state index contributed by atoms with van der Waals surface area (Å²) in [5.41, 5.74) is 1.35. The molecule has 2 saturated heterocycles. The number of nitrogens with zero attached hydrogens (tertiary/aromatic N) is 3. The van der Waals surface area contributed by atoms with Gasteiger partial charge in [0.05, 0.1) is 6.54 Å². The number of likely N-dealkylation sites (tertiary alicyclic amines) is 1. The Bertz CT molecular complexity index is 515. The fourth-order valence-corrected chi connectivity index (χ4v) is 3.68. The molecule has 1 aromatic rings. The van der Waals surface area contributed by atoms with Gasteiger partial charge in [0.25, 0.3) is 0 Å². The van der Waals surface area contributed by atoms with Gasteiger partial charge in [-0.05, 0) is 24.3 Å². The molecule has 3 rings (SSSR count). The number of amides is 1. The standard InChI is InChI=1S/C19H29N3O2/c23-16-18-7-4-8-22(14-18)19(24)15-21-11-9-20(10-12-21)13-17-5-2-1-3-6-17/h1-3,5-6,18,23H,4,7-16H2. The van der Waals surface area contributed by atoms with Gasteiger partial charge in [-0.3, -0.25) is 14.6 Å². The van der Waals surface area contributed by atoms with E-state index in [0.717, 1.165) is 58.7 Å². The monoisotopic (exact) mass is 331 g/mol. The highest BCUT2D eigenvalue weighted by Crippen LogP contribution is 2.16. The van der Waals surface area contributed by atoms with Crippen molar-refractivity contribution in [2.24, 2.45) is 5.92 Å². The van der Waals surface area contributed by atoms with Gasteiger partial charge in [0.1, 0.15) is 0 Å². The van der Waals surface area contributed by atoms with E-state index in [0.29, 0.717) is 6.54 Å². The summed E-state index contributed by atoms with van der Waals surface area (Å²) < 4.78 is 0. The Morgan fingerprint density at radius 1 is 1.04 bits per heavy atom. The number of rotatable bonds is 5. The molecule has 0 bridgehead atoms. The van der Waals surface area contributed by atoms with Crippen molar-refractivity contribution in [3.05, 3.63) is 35.9 Å². The second kappa shape index (κ2) is 8.60. The van der Waals surface area contributed by atoms with Crippen LogP contribution in [0.4, 0.5) is 0 Å². The Morgan fingerprint density at radius 2 is 1.75 bits per heavy atom. The third-order valence-electron chi connectivity index (χ3n) is 5.20. The molecule has 0 radical (unpaired) electrons. The average Bonchev–Trinajstić information content (AvgIpc) is 2.64. The fraction of sp³-hybridized carbons (Fsp3) is 0.632. The van der Waals surface area contributed by atoms with Gasteiger partial charge in [0.15, 0.2) is 0 Å². The largest absolute Gasteiger partial charge is 0.396 e. The van der Waals surface area contributed by atoms with Crippen LogP contribution in [0.15, 0.2) is 30.3 Å². The van der Waals surface area contributed by atoms with Crippen LogP contribution in [0.2, 0.25) is 0 Å². The van der Waals surface area contributed by atoms with Crippen LogP contribution in [-0.2, 0) is 11.3 Å². The average molecular weight is 331 g/mol. The Hall–Kier alpha value is -1.43. The third kappa shape index (κ3) is 4.79. The number of carbonyl (C=O) groups is 1. The molecular weight excluding hydrogens is 302 g/mol. The van der Waals surface area contributed by atoms with Crippen LogP contribution in [0.5, 0.6) is 0 Å². The molecule has 2 aliphatic rings. The summed E-state index contributed by atoms with van der Waals surface area (Å²) in [6.07, 6.45) is 2.06. The van der Waals surface area contributed by atoms with Crippen molar-refractivity contribution in [2.45, 2.75) is 19.4 Å². The van der Waals surface area contributed by atoms with E-state index in [1.807, 2.05) is 4.90 Å². The third-order valence-corrected chi connectivity index (χ3v) is 5.20. The van der Waals surface area contributed by atoms with Crippen LogP contribution in [-0.4, -0.2) is 78.1 Å². The molecule has 2 aliphatic heterocycles. The number of benzene rings is 1. The maximum absolute atomic E-state index is 12.5. The minimum Gasteiger partial charge on any atom is -0.396 e. The maximum atomic E-state index is 12.5. The number of carbonyl (C=O) groups excluding carboxylic acids is 1. The summed E-state index contributed by atoms with van der Waals surface area (Å²) in [6, 6.07) is 10.6. The summed E-state index contributed by atoms with van der Waals surface area (Å²) in [5.74, 6) is 0.495. The fourth-order valence-electron chi connectivity index (χ4n) is 3.68. The molecule has 1 unspecified atom stereocenters. The van der Waals surface area contributed by atoms with Crippen molar-refractivity contribution < 1.29 is 9.90 Å². The number of hydrogen-bond donors (Lipinski definition) is 1. The summed E-state index contributed by atoms with van der Waals surface area (Å²) in [4.78, 5) is 19.2. The van der Waals surface area contributed by atoms with Gasteiger partial charge in [-0.2, -0.15) is 0 Å². The molecule has 132 valence electrons. The predicted octanol–water partition coefficient (Wildman–Crippen LogP) is 1.04. The molecule has 1 amide bonds. The lowest BCUT2D eigenvalue weighted by molar-refractivity contribution is -0.135. The van der Waals surface area contributed by atoms with E-state index in [1.54, 1.807) is 0 Å². The molecule has 0 aromatic heterocycles. The smallest absolute Gasteiger partial charge is 0.236 e. The highest BCUT2D eigenvalue weighted by atomic mass is 16.3.